The lowest BCUT2D eigenvalue weighted by atomic mass is 10.1. The van der Waals surface area contributed by atoms with Gasteiger partial charge in [0.1, 0.15) is 5.52 Å². The zero-order valence-electron chi connectivity index (χ0n) is 16.0. The molecule has 30 heavy (non-hydrogen) atoms. The minimum atomic E-state index is -0.0714. The van der Waals surface area contributed by atoms with Gasteiger partial charge in [0.05, 0.1) is 17.0 Å². The molecule has 0 aliphatic carbocycles. The van der Waals surface area contributed by atoms with Crippen molar-refractivity contribution in [1.82, 2.24) is 4.98 Å². The fraction of sp³-hybridized carbons (Fsp3) is 0.0400. The van der Waals surface area contributed by atoms with Crippen LogP contribution in [0.5, 0.6) is 0 Å². The lowest BCUT2D eigenvalue weighted by Gasteiger charge is -2.08. The molecular weight excluding hydrogens is 392 g/mol. The number of thioether (sulfide) groups is 1. The molecule has 0 aliphatic heterocycles. The summed E-state index contributed by atoms with van der Waals surface area (Å²) in [6, 6.07) is 29.5. The molecule has 5 heteroatoms. The van der Waals surface area contributed by atoms with E-state index in [9.17, 15) is 4.79 Å². The first-order valence-corrected chi connectivity index (χ1v) is 10.6. The first-order valence-electron chi connectivity index (χ1n) is 9.63. The van der Waals surface area contributed by atoms with Crippen molar-refractivity contribution in [1.29, 1.82) is 0 Å². The molecular formula is C25H18N2O2S. The number of nitrogens with one attached hydrogen (secondary N) is 1. The number of carbonyl (C=O) groups excluding carboxylic acids is 1. The molecule has 0 bridgehead atoms. The van der Waals surface area contributed by atoms with Crippen molar-refractivity contribution in [2.24, 2.45) is 0 Å². The van der Waals surface area contributed by atoms with Gasteiger partial charge in [0.2, 0.25) is 11.8 Å². The summed E-state index contributed by atoms with van der Waals surface area (Å²) in [4.78, 5) is 18.3. The second-order valence-electron chi connectivity index (χ2n) is 6.85. The molecule has 0 radical (unpaired) electrons. The number of hydrogen-bond acceptors (Lipinski definition) is 4. The van der Waals surface area contributed by atoms with Gasteiger partial charge in [-0.25, -0.2) is 4.98 Å². The van der Waals surface area contributed by atoms with Crippen LogP contribution in [0, 0.1) is 0 Å². The molecule has 0 spiro atoms. The smallest absolute Gasteiger partial charge is 0.234 e. The molecule has 0 saturated heterocycles. The SMILES string of the molecule is O=C(CSc1ccccc1)Nc1ccccc1-c1nc2c(ccc3ccccc32)o1. The number of anilines is 1. The fourth-order valence-corrected chi connectivity index (χ4v) is 4.13. The predicted octanol–water partition coefficient (Wildman–Crippen LogP) is 6.38. The number of benzene rings is 4. The lowest BCUT2D eigenvalue weighted by molar-refractivity contribution is -0.113. The molecule has 0 fully saturated rings. The topological polar surface area (TPSA) is 55.1 Å². The highest BCUT2D eigenvalue weighted by atomic mass is 32.2. The summed E-state index contributed by atoms with van der Waals surface area (Å²) < 4.78 is 6.05. The summed E-state index contributed by atoms with van der Waals surface area (Å²) in [5.74, 6) is 0.752. The highest BCUT2D eigenvalue weighted by Crippen LogP contribution is 2.33. The maximum atomic E-state index is 12.5. The van der Waals surface area contributed by atoms with Gasteiger partial charge in [-0.05, 0) is 35.7 Å². The van der Waals surface area contributed by atoms with E-state index < -0.39 is 0 Å². The van der Waals surface area contributed by atoms with Crippen molar-refractivity contribution in [2.45, 2.75) is 4.90 Å². The Bertz CT molecular complexity index is 1350. The van der Waals surface area contributed by atoms with Gasteiger partial charge in [0.15, 0.2) is 5.58 Å². The summed E-state index contributed by atoms with van der Waals surface area (Å²) in [5, 5.41) is 5.16. The molecule has 0 atom stereocenters. The minimum Gasteiger partial charge on any atom is -0.436 e. The van der Waals surface area contributed by atoms with Crippen molar-refractivity contribution < 1.29 is 9.21 Å². The average Bonchev–Trinajstić information content (AvgIpc) is 3.23. The van der Waals surface area contributed by atoms with Gasteiger partial charge < -0.3 is 9.73 Å². The standard InChI is InChI=1S/C25H18N2O2S/c28-23(16-30-18-9-2-1-3-10-18)26-21-13-7-6-12-20(21)25-27-24-19-11-5-4-8-17(19)14-15-22(24)29-25/h1-15H,16H2,(H,26,28). The summed E-state index contributed by atoms with van der Waals surface area (Å²) in [7, 11) is 0. The molecule has 5 aromatic rings. The monoisotopic (exact) mass is 410 g/mol. The largest absolute Gasteiger partial charge is 0.436 e. The van der Waals surface area contributed by atoms with Crippen molar-refractivity contribution in [3.63, 3.8) is 0 Å². The third-order valence-corrected chi connectivity index (χ3v) is 5.84. The van der Waals surface area contributed by atoms with Gasteiger partial charge >= 0.3 is 0 Å². The predicted molar refractivity (Wildman–Crippen MR) is 123 cm³/mol. The molecule has 1 N–H and O–H groups in total. The van der Waals surface area contributed by atoms with Crippen molar-refractivity contribution in [3.05, 3.63) is 91.0 Å². The number of amides is 1. The summed E-state index contributed by atoms with van der Waals surface area (Å²) >= 11 is 1.50. The van der Waals surface area contributed by atoms with E-state index in [1.54, 1.807) is 0 Å². The van der Waals surface area contributed by atoms with E-state index in [1.807, 2.05) is 84.9 Å². The molecule has 0 saturated carbocycles. The second kappa shape index (κ2) is 8.05. The number of oxazole rings is 1. The van der Waals surface area contributed by atoms with Gasteiger partial charge in [0.25, 0.3) is 0 Å². The Labute approximate surface area is 177 Å². The zero-order valence-corrected chi connectivity index (χ0v) is 16.9. The van der Waals surface area contributed by atoms with Crippen LogP contribution in [0.4, 0.5) is 5.69 Å². The molecule has 1 heterocycles. The van der Waals surface area contributed by atoms with Crippen LogP contribution in [0.15, 0.2) is 100 Å². The normalized spacial score (nSPS) is 11.1. The number of carbonyl (C=O) groups is 1. The van der Waals surface area contributed by atoms with Crippen LogP contribution in [0.1, 0.15) is 0 Å². The number of aromatic nitrogens is 1. The number of hydrogen-bond donors (Lipinski definition) is 1. The Morgan fingerprint density at radius 2 is 1.63 bits per heavy atom. The van der Waals surface area contributed by atoms with Crippen molar-refractivity contribution >= 4 is 45.2 Å². The Kier molecular flexibility index (Phi) is 4.95. The first-order chi connectivity index (χ1) is 14.8. The summed E-state index contributed by atoms with van der Waals surface area (Å²) in [6.45, 7) is 0. The van der Waals surface area contributed by atoms with Crippen molar-refractivity contribution in [3.8, 4) is 11.5 Å². The van der Waals surface area contributed by atoms with Gasteiger partial charge in [-0.2, -0.15) is 0 Å². The number of nitrogens with zero attached hydrogens (tertiary/aromatic N) is 1. The quantitative estimate of drug-likeness (QED) is 0.342. The third-order valence-electron chi connectivity index (χ3n) is 4.83. The van der Waals surface area contributed by atoms with Crippen LogP contribution in [-0.2, 0) is 4.79 Å². The molecule has 1 amide bonds. The van der Waals surface area contributed by atoms with Gasteiger partial charge in [-0.1, -0.05) is 60.7 Å². The van der Waals surface area contributed by atoms with Crippen LogP contribution in [0.2, 0.25) is 0 Å². The molecule has 0 unspecified atom stereocenters. The Hall–Kier alpha value is -3.57. The van der Waals surface area contributed by atoms with E-state index in [2.05, 4.69) is 11.4 Å². The van der Waals surface area contributed by atoms with Gasteiger partial charge in [0, 0.05) is 10.3 Å². The maximum Gasteiger partial charge on any atom is 0.234 e. The van der Waals surface area contributed by atoms with E-state index in [4.69, 9.17) is 9.40 Å². The first kappa shape index (κ1) is 18.5. The molecule has 5 rings (SSSR count). The molecule has 4 aromatic carbocycles. The van der Waals surface area contributed by atoms with Crippen LogP contribution in [0.25, 0.3) is 33.3 Å². The summed E-state index contributed by atoms with van der Waals surface area (Å²) in [5.41, 5.74) is 3.00. The maximum absolute atomic E-state index is 12.5. The van der Waals surface area contributed by atoms with Crippen LogP contribution in [-0.4, -0.2) is 16.6 Å². The van der Waals surface area contributed by atoms with Crippen LogP contribution < -0.4 is 5.32 Å². The Morgan fingerprint density at radius 1 is 0.867 bits per heavy atom. The number of para-hydroxylation sites is 1. The van der Waals surface area contributed by atoms with E-state index in [0.717, 1.165) is 32.3 Å². The average molecular weight is 410 g/mol. The van der Waals surface area contributed by atoms with E-state index in [0.29, 0.717) is 17.3 Å². The zero-order chi connectivity index (χ0) is 20.3. The van der Waals surface area contributed by atoms with Crippen molar-refractivity contribution in [2.75, 3.05) is 11.1 Å². The minimum absolute atomic E-state index is 0.0714. The molecule has 146 valence electrons. The summed E-state index contributed by atoms with van der Waals surface area (Å²) in [6.07, 6.45) is 0. The third kappa shape index (κ3) is 3.67. The Balaban J connectivity index is 1.43. The van der Waals surface area contributed by atoms with Crippen LogP contribution in [0.3, 0.4) is 0 Å². The molecule has 4 nitrogen and oxygen atoms in total. The molecule has 1 aromatic heterocycles. The van der Waals surface area contributed by atoms with Gasteiger partial charge in [-0.15, -0.1) is 11.8 Å². The lowest BCUT2D eigenvalue weighted by Crippen LogP contribution is -2.14. The second-order valence-corrected chi connectivity index (χ2v) is 7.90. The number of rotatable bonds is 5. The Morgan fingerprint density at radius 3 is 2.53 bits per heavy atom. The highest BCUT2D eigenvalue weighted by Gasteiger charge is 2.15. The van der Waals surface area contributed by atoms with E-state index >= 15 is 0 Å². The van der Waals surface area contributed by atoms with Gasteiger partial charge in [-0.3, -0.25) is 4.79 Å². The van der Waals surface area contributed by atoms with E-state index in [-0.39, 0.29) is 5.91 Å². The van der Waals surface area contributed by atoms with Crippen LogP contribution >= 0.6 is 11.8 Å². The fourth-order valence-electron chi connectivity index (χ4n) is 3.41. The molecule has 0 aliphatic rings. The van der Waals surface area contributed by atoms with E-state index in [1.165, 1.54) is 11.8 Å². The number of fused-ring (bicyclic) bond motifs is 3. The highest BCUT2D eigenvalue weighted by molar-refractivity contribution is 8.00.